The number of aliphatic hydroxyl groups is 1. The van der Waals surface area contributed by atoms with Crippen LogP contribution in [-0.2, 0) is 54.4 Å². The number of pyridine rings is 2. The Morgan fingerprint density at radius 3 is 1.01 bits per heavy atom. The molecule has 148 heavy (non-hydrogen) atoms. The molecule has 4 saturated heterocycles. The maximum atomic E-state index is 14.7. The van der Waals surface area contributed by atoms with Crippen molar-refractivity contribution >= 4 is 142 Å². The lowest BCUT2D eigenvalue weighted by Gasteiger charge is -2.40. The monoisotopic (exact) mass is 2100 g/mol. The molecule has 12 aromatic rings. The van der Waals surface area contributed by atoms with Gasteiger partial charge in [0.2, 0.25) is 46.0 Å². The SMILES string of the molecule is CNC(=O)c1c2cc(C3CC3)c(N(CCC3(F)COC3)S(C)(=O)=O)cc2nn1-c1ccc(C)cc1.CNC(=O)c1c2cc(C3CC3)c(N(CCC3CN(C(=O)OC(C)(C)C)C3)S(C)(=O)=O)cc2nn1-c1ccc(C)cn1.CNC(=O)c1c2cc(C3CC3)c(N(CCC3CN(C(C)=O)C3)S(C)(=O)=O)cc2nn1-c1ccc(C)cn1.CNC(=O)c1c2cc(C3CC3)c(N(CCN3CC(O)C3)S(C)(=O)=O)cc2nn1-c1ccc(C)cc1. The molecule has 4 aliphatic heterocycles. The van der Waals surface area contributed by atoms with Crippen LogP contribution in [0.4, 0.5) is 31.9 Å². The molecule has 0 unspecified atom stereocenters. The van der Waals surface area contributed by atoms with Gasteiger partial charge in [0.1, 0.15) is 28.4 Å². The van der Waals surface area contributed by atoms with E-state index in [0.29, 0.717) is 166 Å². The van der Waals surface area contributed by atoms with Crippen molar-refractivity contribution in [1.82, 2.24) is 85.1 Å². The van der Waals surface area contributed by atoms with Crippen LogP contribution in [0.15, 0.2) is 134 Å². The van der Waals surface area contributed by atoms with Gasteiger partial charge in [0, 0.05) is 147 Å². The van der Waals surface area contributed by atoms with E-state index >= 15 is 0 Å². The second-order valence-corrected chi connectivity index (χ2v) is 49.1. The molecule has 10 heterocycles. The summed E-state index contributed by atoms with van der Waals surface area (Å²) in [6.07, 6.45) is 16.5. The standard InChI is InChI=1S/C29H38N6O5S.C26H32N6O4S.C25H29FN4O4S.C25H31N5O4S/c1-18-7-10-25(31-15-18)35-26(27(36)30-5)22-13-21(20-8-9-20)24(14-23(22)32-35)34(41(6,38)39)12-11-19-16-33(17-19)28(37)40-29(2,3)4;1-16-5-8-24(28-13-16)32-25(26(34)27-3)21-11-20(19-6-7-19)23(12-22(21)29-32)31(37(4,35)36)10-9-18-14-30(15-18)17(2)33;1-16-4-8-18(9-5-16)30-23(24(31)27-2)20-12-19(17-6-7-17)22(13-21(20)28-30)29(35(3,32)33)11-10-25(26)14-34-15-25;1-16-4-8-18(9-5-16)30-24(25(32)26-2)21-12-20(17-6-7-17)23(13-22(21)27-30)29(35(3,33)34)11-10-28-14-19(31)15-28/h7,10,13-15,19-20H,8-9,11-12,16-17H2,1-6H3,(H,30,36);5,8,11-13,18-19H,6-7,9-10,14-15H2,1-4H3,(H,27,34);4-5,8-9,12-13,17H,6-7,10-11,14-15H2,1-3H3,(H,27,31);4-5,8-9,12-13,17,19,31H,6-7,10-11,14-15H2,1-3H3,(H,26,32). The van der Waals surface area contributed by atoms with Crippen molar-refractivity contribution in [2.75, 3.05) is 156 Å². The topological polar surface area (TPSA) is 446 Å². The zero-order valence-electron chi connectivity index (χ0n) is 86.3. The Morgan fingerprint density at radius 1 is 0.432 bits per heavy atom. The molecule has 6 aromatic heterocycles. The number of aliphatic hydroxyl groups excluding tert-OH is 1. The zero-order chi connectivity index (χ0) is 106. The highest BCUT2D eigenvalue weighted by atomic mass is 32.2. The average Bonchev–Trinajstić information content (AvgIpc) is 1.60. The number of fused-ring (bicyclic) bond motifs is 4. The van der Waals surface area contributed by atoms with E-state index in [2.05, 4.69) is 31.2 Å². The van der Waals surface area contributed by atoms with E-state index in [-0.39, 0.29) is 117 Å². The minimum Gasteiger partial charge on any atom is -0.444 e. The highest BCUT2D eigenvalue weighted by Gasteiger charge is 2.44. The number of nitrogens with zero attached hydrogens (tertiary/aromatic N) is 17. The summed E-state index contributed by atoms with van der Waals surface area (Å²) in [6, 6.07) is 37.7. The number of rotatable bonds is 32. The molecule has 0 atom stereocenters. The molecule has 0 radical (unpaired) electrons. The van der Waals surface area contributed by atoms with Gasteiger partial charge in [0.15, 0.2) is 17.3 Å². The van der Waals surface area contributed by atoms with Crippen molar-refractivity contribution in [1.29, 1.82) is 0 Å². The minimum absolute atomic E-state index is 0.00486. The van der Waals surface area contributed by atoms with E-state index in [9.17, 15) is 71.9 Å². The number of β-amino-alcohol motifs (C(OH)–C–C–N with tert-alkyl or cyclic N) is 1. The number of nitrogens with one attached hydrogen (secondary N) is 4. The molecule has 4 saturated carbocycles. The number of hydrogen-bond donors (Lipinski definition) is 5. The van der Waals surface area contributed by atoms with Crippen LogP contribution in [0.25, 0.3) is 66.6 Å². The Balaban J connectivity index is 0.000000135. The number of aryl methyl sites for hydroxylation is 4. The number of alkyl halides is 1. The summed E-state index contributed by atoms with van der Waals surface area (Å²) in [4.78, 5) is 90.2. The number of hydrogen-bond acceptors (Lipinski definition) is 24. The number of benzene rings is 6. The Hall–Kier alpha value is -13.1. The Morgan fingerprint density at radius 2 is 0.736 bits per heavy atom. The summed E-state index contributed by atoms with van der Waals surface area (Å²) in [7, 11) is -8.15. The fourth-order valence-electron chi connectivity index (χ4n) is 19.3. The van der Waals surface area contributed by atoms with Crippen molar-refractivity contribution in [2.45, 2.75) is 167 Å². The molecule has 8 aliphatic rings. The Kier molecular flexibility index (Phi) is 30.3. The Bertz CT molecular complexity index is 7610. The average molecular weight is 2110 g/mol. The van der Waals surface area contributed by atoms with Crippen molar-refractivity contribution in [3.63, 3.8) is 0 Å². The van der Waals surface area contributed by atoms with E-state index in [4.69, 9.17) is 29.9 Å². The van der Waals surface area contributed by atoms with E-state index in [1.807, 2.05) is 150 Å². The van der Waals surface area contributed by atoms with Crippen LogP contribution in [0.5, 0.6) is 0 Å². The summed E-state index contributed by atoms with van der Waals surface area (Å²) in [5.74, 6) is 1.25. The summed E-state index contributed by atoms with van der Waals surface area (Å²) >= 11 is 0. The maximum absolute atomic E-state index is 14.7. The number of anilines is 4. The largest absolute Gasteiger partial charge is 0.444 e. The summed E-state index contributed by atoms with van der Waals surface area (Å²) in [6.45, 7) is 19.8. The van der Waals surface area contributed by atoms with Crippen molar-refractivity contribution in [3.8, 4) is 23.0 Å². The molecule has 43 heteroatoms. The lowest BCUT2D eigenvalue weighted by molar-refractivity contribution is -0.135. The molecule has 788 valence electrons. The number of sulfonamides is 4. The number of likely N-dealkylation sites (tertiary alicyclic amines) is 3. The third-order valence-corrected chi connectivity index (χ3v) is 32.8. The highest BCUT2D eigenvalue weighted by molar-refractivity contribution is 7.93. The molecule has 20 rings (SSSR count). The smallest absolute Gasteiger partial charge is 0.410 e. The molecular weight excluding hydrogens is 1970 g/mol. The zero-order valence-corrected chi connectivity index (χ0v) is 89.6. The van der Waals surface area contributed by atoms with Crippen molar-refractivity contribution in [3.05, 3.63) is 201 Å². The molecule has 4 aliphatic carbocycles. The second-order valence-electron chi connectivity index (χ2n) is 41.5. The molecular formula is C105H130FN21O17S4. The molecule has 0 bridgehead atoms. The lowest BCUT2D eigenvalue weighted by atomic mass is 9.96. The van der Waals surface area contributed by atoms with Gasteiger partial charge in [-0.15, -0.1) is 0 Å². The molecule has 38 nitrogen and oxygen atoms in total. The third kappa shape index (κ3) is 23.6. The minimum atomic E-state index is -3.69. The first-order chi connectivity index (χ1) is 70.1. The summed E-state index contributed by atoms with van der Waals surface area (Å²) < 4.78 is 141. The molecule has 0 spiro atoms. The number of amides is 6. The van der Waals surface area contributed by atoms with E-state index < -0.39 is 51.4 Å². The van der Waals surface area contributed by atoms with Crippen LogP contribution in [0, 0.1) is 39.5 Å². The number of carbonyl (C=O) groups excluding carboxylic acids is 6. The number of ether oxygens (including phenoxy) is 2. The van der Waals surface area contributed by atoms with Crippen LogP contribution >= 0.6 is 0 Å². The predicted molar refractivity (Wildman–Crippen MR) is 567 cm³/mol. The van der Waals surface area contributed by atoms with Gasteiger partial charge in [-0.25, -0.2) is 71.6 Å². The predicted octanol–water partition coefficient (Wildman–Crippen LogP) is 12.1. The van der Waals surface area contributed by atoms with Gasteiger partial charge in [-0.05, 0) is 266 Å². The fraction of sp³-hybridized carbons (Fsp3) is 0.467. The highest BCUT2D eigenvalue weighted by Crippen LogP contribution is 2.52. The molecule has 8 fully saturated rings. The lowest BCUT2D eigenvalue weighted by Crippen LogP contribution is -2.53. The van der Waals surface area contributed by atoms with Gasteiger partial charge in [-0.1, -0.05) is 47.5 Å². The Labute approximate surface area is 861 Å². The van der Waals surface area contributed by atoms with E-state index in [0.717, 1.165) is 114 Å². The van der Waals surface area contributed by atoms with Gasteiger partial charge in [0.05, 0.1) is 101 Å². The van der Waals surface area contributed by atoms with Crippen molar-refractivity contribution in [2.24, 2.45) is 11.8 Å². The van der Waals surface area contributed by atoms with Gasteiger partial charge >= 0.3 is 6.09 Å². The summed E-state index contributed by atoms with van der Waals surface area (Å²) in [5, 5.41) is 42.0. The van der Waals surface area contributed by atoms with Crippen LogP contribution < -0.4 is 38.5 Å². The first-order valence-electron chi connectivity index (χ1n) is 50.0. The molecule has 5 N–H and O–H groups in total. The quantitative estimate of drug-likeness (QED) is 0.0261. The van der Waals surface area contributed by atoms with Crippen LogP contribution in [0.3, 0.4) is 0 Å². The van der Waals surface area contributed by atoms with Crippen LogP contribution in [-0.4, -0.2) is 294 Å². The molecule has 6 aromatic carbocycles. The first kappa shape index (κ1) is 106. The van der Waals surface area contributed by atoms with Crippen LogP contribution in [0.1, 0.15) is 208 Å². The summed E-state index contributed by atoms with van der Waals surface area (Å²) in [5.41, 5.74) is 13.1. The second kappa shape index (κ2) is 42.2. The number of carbonyl (C=O) groups is 6. The van der Waals surface area contributed by atoms with E-state index in [1.54, 1.807) is 90.9 Å². The van der Waals surface area contributed by atoms with Crippen molar-refractivity contribution < 1.29 is 81.4 Å². The third-order valence-electron chi connectivity index (χ3n) is 28.1. The van der Waals surface area contributed by atoms with Crippen LogP contribution in [0.2, 0.25) is 0 Å². The normalized spacial score (nSPS) is 16.5. The first-order valence-corrected chi connectivity index (χ1v) is 57.4. The van der Waals surface area contributed by atoms with Gasteiger partial charge in [-0.2, -0.15) is 20.4 Å². The number of aromatic nitrogens is 10. The van der Waals surface area contributed by atoms with Gasteiger partial charge in [0.25, 0.3) is 23.6 Å². The number of halogens is 1. The van der Waals surface area contributed by atoms with Gasteiger partial charge < -0.3 is 45.6 Å². The molecule has 6 amide bonds. The van der Waals surface area contributed by atoms with E-state index in [1.165, 1.54) is 45.4 Å². The maximum Gasteiger partial charge on any atom is 0.410 e. The fourth-order valence-corrected chi connectivity index (χ4v) is 23.1. The van der Waals surface area contributed by atoms with Gasteiger partial charge in [-0.3, -0.25) is 46.1 Å².